The van der Waals surface area contributed by atoms with Gasteiger partial charge in [0, 0.05) is 13.1 Å². The molecule has 1 spiro atoms. The monoisotopic (exact) mass is 267 g/mol. The Morgan fingerprint density at radius 2 is 2.11 bits per heavy atom. The third kappa shape index (κ3) is 4.90. The van der Waals surface area contributed by atoms with Crippen LogP contribution >= 0.6 is 0 Å². The van der Waals surface area contributed by atoms with Crippen molar-refractivity contribution in [2.24, 2.45) is 0 Å². The number of rotatable bonds is 7. The molecule has 1 aliphatic heterocycles. The average molecular weight is 267 g/mol. The zero-order valence-electron chi connectivity index (χ0n) is 12.4. The van der Waals surface area contributed by atoms with Gasteiger partial charge in [-0.2, -0.15) is 0 Å². The highest BCUT2D eigenvalue weighted by Gasteiger charge is 2.40. The second-order valence-corrected chi connectivity index (χ2v) is 6.24. The standard InChI is InChI=1S/C16H29NO2/c1-14(2)13-18-11-10-17-12-15-6-9-16(19-15)7-4-3-5-8-16/h15,17H,1,3-13H2,2H3. The van der Waals surface area contributed by atoms with Crippen LogP contribution in [0.1, 0.15) is 51.9 Å². The van der Waals surface area contributed by atoms with Crippen molar-refractivity contribution in [3.8, 4) is 0 Å². The van der Waals surface area contributed by atoms with Crippen molar-refractivity contribution in [2.45, 2.75) is 63.6 Å². The van der Waals surface area contributed by atoms with Crippen molar-refractivity contribution in [2.75, 3.05) is 26.3 Å². The lowest BCUT2D eigenvalue weighted by molar-refractivity contribution is -0.0625. The minimum atomic E-state index is 0.251. The van der Waals surface area contributed by atoms with Crippen LogP contribution in [0.5, 0.6) is 0 Å². The molecule has 0 radical (unpaired) electrons. The summed E-state index contributed by atoms with van der Waals surface area (Å²) in [6, 6.07) is 0. The maximum Gasteiger partial charge on any atom is 0.0708 e. The highest BCUT2D eigenvalue weighted by molar-refractivity contribution is 4.91. The molecule has 0 amide bonds. The van der Waals surface area contributed by atoms with Crippen molar-refractivity contribution in [1.82, 2.24) is 5.32 Å². The number of hydrogen-bond acceptors (Lipinski definition) is 3. The van der Waals surface area contributed by atoms with Crippen LogP contribution in [0.4, 0.5) is 0 Å². The Morgan fingerprint density at radius 3 is 2.84 bits per heavy atom. The Hall–Kier alpha value is -0.380. The maximum atomic E-state index is 6.32. The number of hydrogen-bond donors (Lipinski definition) is 1. The normalized spacial score (nSPS) is 25.8. The van der Waals surface area contributed by atoms with Crippen molar-refractivity contribution < 1.29 is 9.47 Å². The fraction of sp³-hybridized carbons (Fsp3) is 0.875. The Morgan fingerprint density at radius 1 is 1.32 bits per heavy atom. The van der Waals surface area contributed by atoms with E-state index >= 15 is 0 Å². The molecule has 0 aromatic heterocycles. The summed E-state index contributed by atoms with van der Waals surface area (Å²) in [6.07, 6.45) is 9.58. The minimum absolute atomic E-state index is 0.251. The lowest BCUT2D eigenvalue weighted by Gasteiger charge is -2.33. The largest absolute Gasteiger partial charge is 0.376 e. The van der Waals surface area contributed by atoms with E-state index in [4.69, 9.17) is 9.47 Å². The van der Waals surface area contributed by atoms with Gasteiger partial charge in [0.15, 0.2) is 0 Å². The molecule has 110 valence electrons. The lowest BCUT2D eigenvalue weighted by Crippen LogP contribution is -2.35. The number of nitrogens with one attached hydrogen (secondary N) is 1. The van der Waals surface area contributed by atoms with E-state index in [-0.39, 0.29) is 5.60 Å². The Bertz CT molecular complexity index is 284. The molecule has 3 heteroatoms. The molecule has 1 aliphatic carbocycles. The predicted octanol–water partition coefficient (Wildman–Crippen LogP) is 3.05. The van der Waals surface area contributed by atoms with Gasteiger partial charge in [0.05, 0.1) is 24.9 Å². The van der Waals surface area contributed by atoms with E-state index < -0.39 is 0 Å². The first-order valence-corrected chi connectivity index (χ1v) is 7.81. The van der Waals surface area contributed by atoms with Crippen LogP contribution in [0.15, 0.2) is 12.2 Å². The third-order valence-electron chi connectivity index (χ3n) is 4.25. The second kappa shape index (κ2) is 7.41. The van der Waals surface area contributed by atoms with Gasteiger partial charge < -0.3 is 14.8 Å². The molecule has 0 aromatic rings. The zero-order chi connectivity index (χ0) is 13.6. The summed E-state index contributed by atoms with van der Waals surface area (Å²) in [7, 11) is 0. The van der Waals surface area contributed by atoms with E-state index in [1.165, 1.54) is 44.9 Å². The van der Waals surface area contributed by atoms with E-state index in [2.05, 4.69) is 11.9 Å². The Kier molecular flexibility index (Phi) is 5.86. The van der Waals surface area contributed by atoms with Gasteiger partial charge >= 0.3 is 0 Å². The SMILES string of the molecule is C=C(C)COCCNCC1CCC2(CCCCC2)O1. The minimum Gasteiger partial charge on any atom is -0.376 e. The van der Waals surface area contributed by atoms with Gasteiger partial charge in [0.25, 0.3) is 0 Å². The van der Waals surface area contributed by atoms with Gasteiger partial charge in [0.2, 0.25) is 0 Å². The van der Waals surface area contributed by atoms with Crippen molar-refractivity contribution >= 4 is 0 Å². The quantitative estimate of drug-likeness (QED) is 0.568. The van der Waals surface area contributed by atoms with Gasteiger partial charge in [-0.1, -0.05) is 31.4 Å². The molecule has 1 atom stereocenters. The molecule has 2 fully saturated rings. The molecule has 19 heavy (non-hydrogen) atoms. The molecule has 2 aliphatic rings. The van der Waals surface area contributed by atoms with Crippen molar-refractivity contribution in [3.63, 3.8) is 0 Å². The van der Waals surface area contributed by atoms with Crippen LogP contribution in [0.2, 0.25) is 0 Å². The summed E-state index contributed by atoms with van der Waals surface area (Å²) in [5.41, 5.74) is 1.33. The molecule has 3 nitrogen and oxygen atoms in total. The molecule has 1 unspecified atom stereocenters. The van der Waals surface area contributed by atoms with Crippen LogP contribution in [-0.4, -0.2) is 38.0 Å². The molecule has 1 heterocycles. The van der Waals surface area contributed by atoms with Gasteiger partial charge in [-0.3, -0.25) is 0 Å². The Labute approximate surface area is 117 Å². The summed E-state index contributed by atoms with van der Waals surface area (Å²) >= 11 is 0. The maximum absolute atomic E-state index is 6.32. The van der Waals surface area contributed by atoms with Crippen LogP contribution in [-0.2, 0) is 9.47 Å². The van der Waals surface area contributed by atoms with Gasteiger partial charge in [-0.05, 0) is 32.6 Å². The molecule has 0 aromatic carbocycles. The van der Waals surface area contributed by atoms with E-state index in [1.54, 1.807) is 0 Å². The topological polar surface area (TPSA) is 30.5 Å². The Balaban J connectivity index is 1.54. The molecule has 1 N–H and O–H groups in total. The van der Waals surface area contributed by atoms with E-state index in [9.17, 15) is 0 Å². The first kappa shape index (κ1) is 15.0. The molecule has 2 rings (SSSR count). The third-order valence-corrected chi connectivity index (χ3v) is 4.25. The summed E-state index contributed by atoms with van der Waals surface area (Å²) in [5.74, 6) is 0. The van der Waals surface area contributed by atoms with Crippen LogP contribution < -0.4 is 5.32 Å². The molecule has 1 saturated heterocycles. The summed E-state index contributed by atoms with van der Waals surface area (Å²) in [6.45, 7) is 9.11. The fourth-order valence-corrected chi connectivity index (χ4v) is 3.26. The zero-order valence-corrected chi connectivity index (χ0v) is 12.4. The van der Waals surface area contributed by atoms with E-state index in [0.29, 0.717) is 12.7 Å². The van der Waals surface area contributed by atoms with Crippen molar-refractivity contribution in [1.29, 1.82) is 0 Å². The summed E-state index contributed by atoms with van der Waals surface area (Å²) in [5, 5.41) is 3.44. The summed E-state index contributed by atoms with van der Waals surface area (Å²) in [4.78, 5) is 0. The first-order chi connectivity index (χ1) is 9.20. The number of ether oxygens (including phenoxy) is 2. The highest BCUT2D eigenvalue weighted by Crippen LogP contribution is 2.41. The molecular weight excluding hydrogens is 238 g/mol. The summed E-state index contributed by atoms with van der Waals surface area (Å²) < 4.78 is 11.8. The van der Waals surface area contributed by atoms with Gasteiger partial charge in [0.1, 0.15) is 0 Å². The van der Waals surface area contributed by atoms with E-state index in [1.807, 2.05) is 6.92 Å². The predicted molar refractivity (Wildman–Crippen MR) is 78.4 cm³/mol. The van der Waals surface area contributed by atoms with Gasteiger partial charge in [-0.15, -0.1) is 0 Å². The molecule has 0 bridgehead atoms. The second-order valence-electron chi connectivity index (χ2n) is 6.24. The van der Waals surface area contributed by atoms with Crippen LogP contribution in [0.25, 0.3) is 0 Å². The fourth-order valence-electron chi connectivity index (χ4n) is 3.26. The van der Waals surface area contributed by atoms with Crippen LogP contribution in [0, 0.1) is 0 Å². The van der Waals surface area contributed by atoms with Crippen molar-refractivity contribution in [3.05, 3.63) is 12.2 Å². The first-order valence-electron chi connectivity index (χ1n) is 7.81. The average Bonchev–Trinajstić information content (AvgIpc) is 2.77. The lowest BCUT2D eigenvalue weighted by atomic mass is 9.83. The molecular formula is C16H29NO2. The van der Waals surface area contributed by atoms with Crippen LogP contribution in [0.3, 0.4) is 0 Å². The highest BCUT2D eigenvalue weighted by atomic mass is 16.5. The van der Waals surface area contributed by atoms with E-state index in [0.717, 1.165) is 25.3 Å². The van der Waals surface area contributed by atoms with Gasteiger partial charge in [-0.25, -0.2) is 0 Å². The smallest absolute Gasteiger partial charge is 0.0708 e. The molecule has 1 saturated carbocycles.